The first-order valence-corrected chi connectivity index (χ1v) is 11.8. The van der Waals surface area contributed by atoms with Crippen molar-refractivity contribution in [3.63, 3.8) is 0 Å². The van der Waals surface area contributed by atoms with Crippen LogP contribution >= 0.6 is 0 Å². The summed E-state index contributed by atoms with van der Waals surface area (Å²) >= 11 is 0. The Morgan fingerprint density at radius 3 is 2.44 bits per heavy atom. The summed E-state index contributed by atoms with van der Waals surface area (Å²) in [6, 6.07) is 20.4. The average Bonchev–Trinajstić information content (AvgIpc) is 3.15. The van der Waals surface area contributed by atoms with Gasteiger partial charge in [-0.25, -0.2) is 0 Å². The highest BCUT2D eigenvalue weighted by Gasteiger charge is 2.28. The summed E-state index contributed by atoms with van der Waals surface area (Å²) in [6.45, 7) is 7.96. The van der Waals surface area contributed by atoms with Crippen LogP contribution in [0.1, 0.15) is 30.5 Å². The van der Waals surface area contributed by atoms with Crippen LogP contribution in [0, 0.1) is 13.8 Å². The monoisotopic (exact) mass is 483 g/mol. The number of amides is 2. The van der Waals surface area contributed by atoms with E-state index < -0.39 is 0 Å². The Labute approximate surface area is 211 Å². The minimum atomic E-state index is -0.267. The predicted octanol–water partition coefficient (Wildman–Crippen LogP) is 5.53. The quantitative estimate of drug-likeness (QED) is 0.428. The van der Waals surface area contributed by atoms with Crippen molar-refractivity contribution in [3.8, 4) is 11.5 Å². The van der Waals surface area contributed by atoms with E-state index in [2.05, 4.69) is 10.4 Å². The van der Waals surface area contributed by atoms with E-state index >= 15 is 0 Å². The van der Waals surface area contributed by atoms with Crippen molar-refractivity contribution in [1.29, 1.82) is 0 Å². The minimum absolute atomic E-state index is 0.163. The Bertz CT molecular complexity index is 1350. The Morgan fingerprint density at radius 1 is 0.944 bits per heavy atom. The number of benzene rings is 3. The van der Waals surface area contributed by atoms with Crippen molar-refractivity contribution in [3.05, 3.63) is 89.0 Å². The lowest BCUT2D eigenvalue weighted by Gasteiger charge is -2.13. The van der Waals surface area contributed by atoms with E-state index in [1.54, 1.807) is 18.2 Å². The van der Waals surface area contributed by atoms with Crippen LogP contribution < -0.4 is 19.8 Å². The van der Waals surface area contributed by atoms with Crippen LogP contribution in [0.2, 0.25) is 0 Å². The van der Waals surface area contributed by atoms with E-state index in [9.17, 15) is 9.59 Å². The van der Waals surface area contributed by atoms with Gasteiger partial charge in [-0.15, -0.1) is 0 Å². The van der Waals surface area contributed by atoms with Crippen LogP contribution in [-0.4, -0.2) is 30.7 Å². The molecule has 0 radical (unpaired) electrons. The third-order valence-corrected chi connectivity index (χ3v) is 5.79. The van der Waals surface area contributed by atoms with E-state index in [4.69, 9.17) is 9.47 Å². The second-order valence-corrected chi connectivity index (χ2v) is 8.47. The predicted molar refractivity (Wildman–Crippen MR) is 143 cm³/mol. The number of hydrazone groups is 1. The molecule has 2 amide bonds. The van der Waals surface area contributed by atoms with Crippen molar-refractivity contribution >= 4 is 35.0 Å². The Balaban J connectivity index is 1.47. The molecule has 184 valence electrons. The second kappa shape index (κ2) is 10.9. The number of aryl methyl sites for hydroxylation is 2. The number of hydrogen-bond acceptors (Lipinski definition) is 5. The van der Waals surface area contributed by atoms with Crippen LogP contribution in [0.15, 0.2) is 77.4 Å². The average molecular weight is 484 g/mol. The smallest absolute Gasteiger partial charge is 0.280 e. The fourth-order valence-electron chi connectivity index (χ4n) is 3.76. The van der Waals surface area contributed by atoms with Crippen molar-refractivity contribution in [2.75, 3.05) is 23.5 Å². The molecule has 0 aliphatic carbocycles. The molecule has 1 N–H and O–H groups in total. The first-order chi connectivity index (χ1) is 17.4. The summed E-state index contributed by atoms with van der Waals surface area (Å²) in [4.78, 5) is 25.4. The van der Waals surface area contributed by atoms with Crippen molar-refractivity contribution in [1.82, 2.24) is 0 Å². The Hall–Kier alpha value is -4.39. The van der Waals surface area contributed by atoms with Gasteiger partial charge in [0.1, 0.15) is 0 Å². The molecule has 0 saturated carbocycles. The summed E-state index contributed by atoms with van der Waals surface area (Å²) < 4.78 is 11.5. The molecular weight excluding hydrogens is 454 g/mol. The largest absolute Gasteiger partial charge is 0.490 e. The molecular formula is C29H29N3O4. The highest BCUT2D eigenvalue weighted by Crippen LogP contribution is 2.31. The molecule has 1 heterocycles. The summed E-state index contributed by atoms with van der Waals surface area (Å²) in [7, 11) is 0. The number of nitrogens with zero attached hydrogens (tertiary/aromatic N) is 2. The lowest BCUT2D eigenvalue weighted by molar-refractivity contribution is -0.118. The lowest BCUT2D eigenvalue weighted by Crippen LogP contribution is -2.21. The Morgan fingerprint density at radius 2 is 1.72 bits per heavy atom. The van der Waals surface area contributed by atoms with Crippen LogP contribution in [0.25, 0.3) is 6.08 Å². The van der Waals surface area contributed by atoms with E-state index in [-0.39, 0.29) is 18.4 Å². The molecule has 7 heteroatoms. The number of rotatable bonds is 8. The zero-order valence-corrected chi connectivity index (χ0v) is 20.9. The summed E-state index contributed by atoms with van der Waals surface area (Å²) in [5.41, 5.74) is 5.59. The number of carbonyl (C=O) groups is 2. The first-order valence-electron chi connectivity index (χ1n) is 11.8. The molecule has 4 rings (SSSR count). The molecule has 0 unspecified atom stereocenters. The van der Waals surface area contributed by atoms with Crippen LogP contribution in [0.5, 0.6) is 11.5 Å². The van der Waals surface area contributed by atoms with Gasteiger partial charge in [-0.3, -0.25) is 9.59 Å². The topological polar surface area (TPSA) is 80.2 Å². The van der Waals surface area contributed by atoms with Crippen molar-refractivity contribution < 1.29 is 19.1 Å². The molecule has 0 bridgehead atoms. The molecule has 1 aliphatic heterocycles. The van der Waals surface area contributed by atoms with Crippen LogP contribution in [0.3, 0.4) is 0 Å². The fourth-order valence-corrected chi connectivity index (χ4v) is 3.76. The van der Waals surface area contributed by atoms with Crippen LogP contribution in [-0.2, 0) is 9.59 Å². The molecule has 3 aromatic carbocycles. The third kappa shape index (κ3) is 5.63. The summed E-state index contributed by atoms with van der Waals surface area (Å²) in [6.07, 6.45) is 1.78. The van der Waals surface area contributed by atoms with Gasteiger partial charge in [0, 0.05) is 5.69 Å². The van der Waals surface area contributed by atoms with Gasteiger partial charge in [0.05, 0.1) is 23.6 Å². The number of carbonyl (C=O) groups excluding carboxylic acids is 2. The maximum absolute atomic E-state index is 13.0. The molecule has 0 spiro atoms. The molecule has 0 fully saturated rings. The minimum Gasteiger partial charge on any atom is -0.490 e. The number of para-hydroxylation sites is 1. The first kappa shape index (κ1) is 24.7. The van der Waals surface area contributed by atoms with Gasteiger partial charge >= 0.3 is 0 Å². The molecule has 3 aromatic rings. The maximum Gasteiger partial charge on any atom is 0.280 e. The molecule has 7 nitrogen and oxygen atoms in total. The van der Waals surface area contributed by atoms with Gasteiger partial charge in [-0.1, -0.05) is 30.3 Å². The van der Waals surface area contributed by atoms with E-state index in [1.165, 1.54) is 5.01 Å². The number of nitrogens with one attached hydrogen (secondary N) is 1. The number of anilines is 2. The van der Waals surface area contributed by atoms with Crippen molar-refractivity contribution in [2.45, 2.75) is 27.7 Å². The van der Waals surface area contributed by atoms with Crippen molar-refractivity contribution in [2.24, 2.45) is 5.10 Å². The Kier molecular flexibility index (Phi) is 7.49. The van der Waals surface area contributed by atoms with Gasteiger partial charge < -0.3 is 14.8 Å². The van der Waals surface area contributed by atoms with Gasteiger partial charge in [-0.2, -0.15) is 10.1 Å². The van der Waals surface area contributed by atoms with Gasteiger partial charge in [0.15, 0.2) is 18.1 Å². The standard InChI is InChI=1S/C29H29N3O4/c1-5-35-27-17-22(16-25-21(4)31-32(29(25)34)24-9-7-6-8-10-24)12-14-26(27)36-18-28(33)30-23-13-11-19(2)20(3)15-23/h6-17H,5,18H2,1-4H3,(H,30,33)/b25-16+. The molecule has 0 saturated heterocycles. The van der Waals surface area contributed by atoms with E-state index in [1.807, 2.05) is 82.3 Å². The zero-order valence-electron chi connectivity index (χ0n) is 20.9. The highest BCUT2D eigenvalue weighted by molar-refractivity contribution is 6.32. The molecule has 1 aliphatic rings. The fraction of sp³-hybridized carbons (Fsp3) is 0.207. The number of hydrogen-bond donors (Lipinski definition) is 1. The zero-order chi connectivity index (χ0) is 25.7. The van der Waals surface area contributed by atoms with Crippen LogP contribution in [0.4, 0.5) is 11.4 Å². The second-order valence-electron chi connectivity index (χ2n) is 8.47. The third-order valence-electron chi connectivity index (χ3n) is 5.79. The van der Waals surface area contributed by atoms with Gasteiger partial charge in [0.2, 0.25) is 0 Å². The van der Waals surface area contributed by atoms with Gasteiger partial charge in [-0.05, 0) is 86.9 Å². The molecule has 0 aromatic heterocycles. The van der Waals surface area contributed by atoms with E-state index in [0.717, 1.165) is 22.4 Å². The SMILES string of the molecule is CCOc1cc(/C=C2/C(=O)N(c3ccccc3)N=C2C)ccc1OCC(=O)Nc1ccc(C)c(C)c1. The maximum atomic E-state index is 13.0. The number of ether oxygens (including phenoxy) is 2. The normalized spacial score (nSPS) is 14.1. The summed E-state index contributed by atoms with van der Waals surface area (Å²) in [5.74, 6) is 0.477. The summed E-state index contributed by atoms with van der Waals surface area (Å²) in [5, 5.41) is 8.67. The van der Waals surface area contributed by atoms with E-state index in [0.29, 0.717) is 35.1 Å². The highest BCUT2D eigenvalue weighted by atomic mass is 16.5. The lowest BCUT2D eigenvalue weighted by atomic mass is 10.1. The van der Waals surface area contributed by atoms with Gasteiger partial charge in [0.25, 0.3) is 11.8 Å². The molecule has 0 atom stereocenters. The molecule has 36 heavy (non-hydrogen) atoms.